The van der Waals surface area contributed by atoms with Gasteiger partial charge in [-0.15, -0.1) is 11.3 Å². The third-order valence-electron chi connectivity index (χ3n) is 4.74. The molecular weight excluding hydrogens is 356 g/mol. The molecule has 0 fully saturated rings. The molecule has 0 atom stereocenters. The summed E-state index contributed by atoms with van der Waals surface area (Å²) in [7, 11) is 1.68. The molecule has 27 heavy (non-hydrogen) atoms. The second kappa shape index (κ2) is 7.40. The van der Waals surface area contributed by atoms with Gasteiger partial charge in [-0.05, 0) is 37.6 Å². The first-order valence-electron chi connectivity index (χ1n) is 9.05. The summed E-state index contributed by atoms with van der Waals surface area (Å²) < 4.78 is 5.35. The van der Waals surface area contributed by atoms with Crippen LogP contribution in [0.25, 0.3) is 33.4 Å². The predicted octanol–water partition coefficient (Wildman–Crippen LogP) is 5.21. The number of anilines is 1. The molecule has 138 valence electrons. The zero-order valence-corrected chi connectivity index (χ0v) is 16.5. The van der Waals surface area contributed by atoms with Gasteiger partial charge in [-0.1, -0.05) is 12.1 Å². The van der Waals surface area contributed by atoms with Gasteiger partial charge in [0.15, 0.2) is 5.13 Å². The molecule has 0 spiro atoms. The molecule has 0 aliphatic heterocycles. The zero-order valence-electron chi connectivity index (χ0n) is 15.7. The third kappa shape index (κ3) is 3.28. The highest BCUT2D eigenvalue weighted by atomic mass is 32.1. The monoisotopic (exact) mass is 378 g/mol. The normalized spacial score (nSPS) is 11.1. The Hall–Kier alpha value is -2.86. The number of hydrogen-bond donors (Lipinski definition) is 1. The maximum atomic E-state index is 5.35. The van der Waals surface area contributed by atoms with Crippen LogP contribution in [0, 0.1) is 0 Å². The van der Waals surface area contributed by atoms with Crippen molar-refractivity contribution in [2.45, 2.75) is 13.8 Å². The maximum Gasteiger partial charge on any atom is 0.185 e. The van der Waals surface area contributed by atoms with Gasteiger partial charge in [-0.25, -0.2) is 9.97 Å². The number of ether oxygens (including phenoxy) is 1. The van der Waals surface area contributed by atoms with Crippen LogP contribution < -0.4 is 9.64 Å². The minimum atomic E-state index is 0.838. The van der Waals surface area contributed by atoms with Gasteiger partial charge < -0.3 is 14.6 Å². The molecular formula is C21H22N4OS. The Kier molecular flexibility index (Phi) is 4.81. The number of pyridine rings is 1. The third-order valence-corrected chi connectivity index (χ3v) is 5.64. The SMILES string of the molecule is CCN(CC)c1nc(-c2c[nH]c3ncc(-c4cccc(OC)c4)cc23)cs1. The number of benzene rings is 1. The molecule has 0 unspecified atom stereocenters. The number of aromatic nitrogens is 3. The summed E-state index contributed by atoms with van der Waals surface area (Å²) in [5, 5.41) is 4.25. The van der Waals surface area contributed by atoms with Crippen molar-refractivity contribution in [1.29, 1.82) is 0 Å². The lowest BCUT2D eigenvalue weighted by Gasteiger charge is -2.16. The molecule has 3 heterocycles. The van der Waals surface area contributed by atoms with Crippen molar-refractivity contribution in [3.63, 3.8) is 0 Å². The highest BCUT2D eigenvalue weighted by Gasteiger charge is 2.14. The Morgan fingerprint density at radius 3 is 2.78 bits per heavy atom. The van der Waals surface area contributed by atoms with E-state index in [9.17, 15) is 0 Å². The number of methoxy groups -OCH3 is 1. The van der Waals surface area contributed by atoms with Crippen LogP contribution >= 0.6 is 11.3 Å². The highest BCUT2D eigenvalue weighted by Crippen LogP contribution is 2.34. The Morgan fingerprint density at radius 2 is 2.00 bits per heavy atom. The Balaban J connectivity index is 1.76. The molecule has 4 rings (SSSR count). The van der Waals surface area contributed by atoms with Crippen molar-refractivity contribution < 1.29 is 4.74 Å². The lowest BCUT2D eigenvalue weighted by atomic mass is 10.0. The molecule has 0 saturated carbocycles. The van der Waals surface area contributed by atoms with Crippen molar-refractivity contribution in [2.24, 2.45) is 0 Å². The molecule has 3 aromatic heterocycles. The van der Waals surface area contributed by atoms with Crippen LogP contribution in [-0.4, -0.2) is 35.2 Å². The predicted molar refractivity (Wildman–Crippen MR) is 113 cm³/mol. The summed E-state index contributed by atoms with van der Waals surface area (Å²) in [5.41, 5.74) is 5.07. The van der Waals surface area contributed by atoms with E-state index in [4.69, 9.17) is 9.72 Å². The molecule has 5 nitrogen and oxygen atoms in total. The lowest BCUT2D eigenvalue weighted by molar-refractivity contribution is 0.415. The molecule has 0 aliphatic rings. The summed E-state index contributed by atoms with van der Waals surface area (Å²) in [6.07, 6.45) is 3.88. The average molecular weight is 379 g/mol. The fourth-order valence-electron chi connectivity index (χ4n) is 3.20. The van der Waals surface area contributed by atoms with E-state index >= 15 is 0 Å². The van der Waals surface area contributed by atoms with Gasteiger partial charge in [-0.3, -0.25) is 0 Å². The van der Waals surface area contributed by atoms with Crippen LogP contribution in [0.5, 0.6) is 5.75 Å². The smallest absolute Gasteiger partial charge is 0.185 e. The minimum absolute atomic E-state index is 0.838. The van der Waals surface area contributed by atoms with E-state index in [0.717, 1.165) is 57.4 Å². The largest absolute Gasteiger partial charge is 0.497 e. The number of nitrogens with zero attached hydrogens (tertiary/aromatic N) is 3. The lowest BCUT2D eigenvalue weighted by Crippen LogP contribution is -2.21. The second-order valence-corrected chi connectivity index (χ2v) is 7.08. The summed E-state index contributed by atoms with van der Waals surface area (Å²) in [5.74, 6) is 0.838. The van der Waals surface area contributed by atoms with E-state index in [0.29, 0.717) is 0 Å². The minimum Gasteiger partial charge on any atom is -0.497 e. The fraction of sp³-hybridized carbons (Fsp3) is 0.238. The van der Waals surface area contributed by atoms with Crippen LogP contribution in [0.15, 0.2) is 48.1 Å². The zero-order chi connectivity index (χ0) is 18.8. The second-order valence-electron chi connectivity index (χ2n) is 6.24. The van der Waals surface area contributed by atoms with E-state index in [-0.39, 0.29) is 0 Å². The van der Waals surface area contributed by atoms with E-state index in [1.807, 2.05) is 30.6 Å². The fourth-order valence-corrected chi connectivity index (χ4v) is 4.16. The number of hydrogen-bond acceptors (Lipinski definition) is 5. The maximum absolute atomic E-state index is 5.35. The van der Waals surface area contributed by atoms with Crippen LogP contribution in [0.1, 0.15) is 13.8 Å². The van der Waals surface area contributed by atoms with Crippen molar-refractivity contribution in [3.05, 3.63) is 48.1 Å². The van der Waals surface area contributed by atoms with E-state index in [1.54, 1.807) is 18.4 Å². The summed E-state index contributed by atoms with van der Waals surface area (Å²) in [6, 6.07) is 10.2. The molecule has 0 saturated heterocycles. The van der Waals surface area contributed by atoms with Gasteiger partial charge in [-0.2, -0.15) is 0 Å². The van der Waals surface area contributed by atoms with Crippen molar-refractivity contribution >= 4 is 27.5 Å². The molecule has 1 aromatic carbocycles. The van der Waals surface area contributed by atoms with Gasteiger partial charge in [0.2, 0.25) is 0 Å². The van der Waals surface area contributed by atoms with Crippen LogP contribution in [0.4, 0.5) is 5.13 Å². The quantitative estimate of drug-likeness (QED) is 0.500. The van der Waals surface area contributed by atoms with Gasteiger partial charge in [0, 0.05) is 47.4 Å². The van der Waals surface area contributed by atoms with Gasteiger partial charge in [0.25, 0.3) is 0 Å². The molecule has 4 aromatic rings. The number of fused-ring (bicyclic) bond motifs is 1. The molecule has 1 N–H and O–H groups in total. The Bertz CT molecular complexity index is 1060. The molecule has 0 amide bonds. The van der Waals surface area contributed by atoms with E-state index < -0.39 is 0 Å². The molecule has 0 bridgehead atoms. The molecule has 6 heteroatoms. The van der Waals surface area contributed by atoms with Crippen LogP contribution in [0.3, 0.4) is 0 Å². The number of aromatic amines is 1. The first kappa shape index (κ1) is 17.5. The van der Waals surface area contributed by atoms with E-state index in [2.05, 4.69) is 46.2 Å². The number of rotatable bonds is 6. The standard InChI is InChI=1S/C21H22N4OS/c1-4-25(5-2)21-24-19(13-27-21)18-12-23-20-17(18)10-15(11-22-20)14-7-6-8-16(9-14)26-3/h6-13H,4-5H2,1-3H3,(H,22,23). The van der Waals surface area contributed by atoms with Crippen molar-refractivity contribution in [1.82, 2.24) is 15.0 Å². The average Bonchev–Trinajstić information content (AvgIpc) is 3.35. The Labute approximate surface area is 162 Å². The molecule has 0 radical (unpaired) electrons. The summed E-state index contributed by atoms with van der Waals surface area (Å²) in [6.45, 7) is 6.22. The van der Waals surface area contributed by atoms with Crippen molar-refractivity contribution in [3.8, 4) is 28.1 Å². The van der Waals surface area contributed by atoms with Crippen LogP contribution in [-0.2, 0) is 0 Å². The number of H-pyrrole nitrogens is 1. The first-order chi connectivity index (χ1) is 13.2. The van der Waals surface area contributed by atoms with Crippen molar-refractivity contribution in [2.75, 3.05) is 25.1 Å². The topological polar surface area (TPSA) is 54.0 Å². The Morgan fingerprint density at radius 1 is 1.15 bits per heavy atom. The van der Waals surface area contributed by atoms with Gasteiger partial charge in [0.1, 0.15) is 11.4 Å². The summed E-state index contributed by atoms with van der Waals surface area (Å²) in [4.78, 5) is 15.0. The number of thiazole rings is 1. The first-order valence-corrected chi connectivity index (χ1v) is 9.93. The molecule has 0 aliphatic carbocycles. The van der Waals surface area contributed by atoms with Gasteiger partial charge >= 0.3 is 0 Å². The van der Waals surface area contributed by atoms with Crippen LogP contribution in [0.2, 0.25) is 0 Å². The summed E-state index contributed by atoms with van der Waals surface area (Å²) >= 11 is 1.68. The van der Waals surface area contributed by atoms with E-state index in [1.165, 1.54) is 0 Å². The highest BCUT2D eigenvalue weighted by molar-refractivity contribution is 7.14. The number of nitrogens with one attached hydrogen (secondary N) is 1. The van der Waals surface area contributed by atoms with Gasteiger partial charge in [0.05, 0.1) is 12.8 Å².